The Bertz CT molecular complexity index is 4150. The van der Waals surface area contributed by atoms with Crippen LogP contribution in [0.25, 0.3) is 38.6 Å². The molecule has 3 aromatic carbocycles. The molecule has 85 heavy (non-hydrogen) atoms. The monoisotopic (exact) mass is 1150 g/mol. The van der Waals surface area contributed by atoms with Crippen molar-refractivity contribution in [2.75, 3.05) is 0 Å². The zero-order valence-electron chi connectivity index (χ0n) is 46.5. The van der Waals surface area contributed by atoms with Gasteiger partial charge in [0, 0.05) is 18.6 Å². The van der Waals surface area contributed by atoms with Crippen molar-refractivity contribution < 1.29 is 45.8 Å². The smallest absolute Gasteiger partial charge is 0.373 e. The van der Waals surface area contributed by atoms with Crippen LogP contribution < -0.4 is 0 Å². The van der Waals surface area contributed by atoms with Crippen molar-refractivity contribution in [3.8, 4) is 39.8 Å². The Morgan fingerprint density at radius 1 is 0.576 bits per heavy atom. The summed E-state index contributed by atoms with van der Waals surface area (Å²) >= 11 is 0. The Labute approximate surface area is 482 Å². The van der Waals surface area contributed by atoms with Crippen molar-refractivity contribution in [2.24, 2.45) is 16.2 Å². The molecule has 0 aliphatic heterocycles. The summed E-state index contributed by atoms with van der Waals surface area (Å²) in [6.45, 7) is 19.8. The third-order valence-electron chi connectivity index (χ3n) is 19.6. The number of rotatable bonds is 6. The molecule has 5 aromatic heterocycles. The van der Waals surface area contributed by atoms with Gasteiger partial charge in [-0.3, -0.25) is 19.7 Å². The summed E-state index contributed by atoms with van der Waals surface area (Å²) in [7, 11) is 0. The van der Waals surface area contributed by atoms with E-state index in [1.165, 1.54) is 54.6 Å². The fourth-order valence-corrected chi connectivity index (χ4v) is 15.4. The maximum atomic E-state index is 14.3. The molecule has 14 rings (SSSR count). The number of halogens is 6. The SMILES string of the molecule is CC1(C)[C@H]2CC[C@@]1(C(=O)O)c1nnc(-c3c(F)cccc3F)cc12.CC1(C)[C@H]2CC[C@@]1(c1cnccn1)c1nnc(-c3c(F)cccc3F)cc12.O=C=O.[C-]#[N+]c1nc([C@]23CC[C@@H](c4cc(-c5c(F)cccc5F)nnc42)C3(C)C)cnc1C#N. The second-order valence-corrected chi connectivity index (χ2v) is 23.7. The zero-order chi connectivity index (χ0) is 60.8. The van der Waals surface area contributed by atoms with Crippen molar-refractivity contribution in [1.82, 2.24) is 50.5 Å². The molecule has 428 valence electrons. The van der Waals surface area contributed by atoms with E-state index in [0.717, 1.165) is 60.2 Å². The number of nitriles is 1. The first-order valence-corrected chi connectivity index (χ1v) is 27.2. The Balaban J connectivity index is 0.000000131. The summed E-state index contributed by atoms with van der Waals surface area (Å²) in [5.74, 6) is -4.69. The molecule has 16 nitrogen and oxygen atoms in total. The van der Waals surface area contributed by atoms with Crippen LogP contribution in [0.3, 0.4) is 0 Å². The standard InChI is InChI=1S/C23H16F2N6.C21H18F2N4.C18H16F2N2O2.CO2/c1-22(2)13-7-8-23(22,18-11-28-17(10-26)21(27-3)29-18)20-12(13)9-16(30-31-20)19-14(24)5-4-6-15(19)25;1-20(2)13-6-7-21(20,17-11-24-8-9-25-17)19-12(13)10-16(26-27-19)18-14(22)4-3-5-15(18)23;1-17(2)10-6-7-18(17,16(23)24)15-9(10)8-13(21-22-15)14-11(19)4-3-5-12(14)20;2-1-3/h4-6,9,11,13H,7-8H2,1-2H3;3-5,8-11,13H,6-7H2,1-2H3;3-5,8,10H,6-7H2,1-2H3,(H,23,24);/t13-,23+;13-,21+;10-,18-;/m000./s1. The van der Waals surface area contributed by atoms with E-state index in [4.69, 9.17) is 16.2 Å². The van der Waals surface area contributed by atoms with Gasteiger partial charge in [-0.25, -0.2) is 26.3 Å². The molecule has 22 heteroatoms. The number of carboxylic acid groups (broad SMARTS) is 1. The Kier molecular flexibility index (Phi) is 13.9. The number of hydrogen-bond donors (Lipinski definition) is 1. The van der Waals surface area contributed by atoms with Crippen LogP contribution in [-0.4, -0.2) is 67.8 Å². The van der Waals surface area contributed by atoms with Crippen LogP contribution in [0.1, 0.15) is 149 Å². The molecule has 1 N–H and O–H groups in total. The van der Waals surface area contributed by atoms with Crippen molar-refractivity contribution in [3.05, 3.63) is 195 Å². The van der Waals surface area contributed by atoms with E-state index < -0.39 is 57.1 Å². The molecule has 0 saturated heterocycles. The number of aromatic nitrogens is 10. The first kappa shape index (κ1) is 57.3. The molecule has 6 aliphatic carbocycles. The average molecular weight is 1150 g/mol. The molecule has 0 amide bonds. The molecule has 6 atom stereocenters. The second-order valence-electron chi connectivity index (χ2n) is 23.7. The van der Waals surface area contributed by atoms with Gasteiger partial charge in [0.1, 0.15) is 46.4 Å². The molecule has 0 spiro atoms. The van der Waals surface area contributed by atoms with E-state index in [2.05, 4.69) is 83.1 Å². The molecule has 5 heterocycles. The number of aliphatic carboxylic acids is 1. The maximum Gasteiger partial charge on any atom is 0.373 e. The fourth-order valence-electron chi connectivity index (χ4n) is 15.4. The number of carbonyl (C=O) groups is 1. The van der Waals surface area contributed by atoms with E-state index in [-0.39, 0.29) is 85.4 Å². The van der Waals surface area contributed by atoms with Gasteiger partial charge >= 0.3 is 17.9 Å². The molecule has 0 unspecified atom stereocenters. The Morgan fingerprint density at radius 3 is 1.38 bits per heavy atom. The molecule has 8 aromatic rings. The van der Waals surface area contributed by atoms with Gasteiger partial charge in [0.2, 0.25) is 0 Å². The van der Waals surface area contributed by atoms with Gasteiger partial charge in [-0.2, -0.15) is 30.1 Å². The summed E-state index contributed by atoms with van der Waals surface area (Å²) < 4.78 is 85.2. The van der Waals surface area contributed by atoms with Gasteiger partial charge in [0.25, 0.3) is 0 Å². The zero-order valence-corrected chi connectivity index (χ0v) is 46.5. The first-order chi connectivity index (χ1) is 40.5. The van der Waals surface area contributed by atoms with Crippen molar-refractivity contribution >= 4 is 17.9 Å². The van der Waals surface area contributed by atoms with Crippen molar-refractivity contribution in [2.45, 2.75) is 114 Å². The normalized spacial score (nSPS) is 23.7. The number of nitrogens with zero attached hydrogens (tertiary/aromatic N) is 12. The van der Waals surface area contributed by atoms with Crippen LogP contribution in [0, 0.1) is 69.1 Å². The van der Waals surface area contributed by atoms with Crippen LogP contribution in [0.2, 0.25) is 0 Å². The third kappa shape index (κ3) is 8.12. The summed E-state index contributed by atoms with van der Waals surface area (Å²) in [5.41, 5.74) is 2.98. The van der Waals surface area contributed by atoms with Crippen LogP contribution >= 0.6 is 0 Å². The summed E-state index contributed by atoms with van der Waals surface area (Å²) in [5, 5.41) is 44.5. The highest BCUT2D eigenvalue weighted by Crippen LogP contribution is 2.71. The summed E-state index contributed by atoms with van der Waals surface area (Å²) in [4.78, 5) is 49.1. The van der Waals surface area contributed by atoms with Gasteiger partial charge in [-0.05, 0) is 144 Å². The van der Waals surface area contributed by atoms with E-state index in [0.29, 0.717) is 23.5 Å². The lowest BCUT2D eigenvalue weighted by Gasteiger charge is -2.36. The lowest BCUT2D eigenvalue weighted by molar-refractivity contribution is -0.191. The molecular weight excluding hydrogens is 1100 g/mol. The minimum Gasteiger partial charge on any atom is -0.481 e. The van der Waals surface area contributed by atoms with Crippen LogP contribution in [-0.2, 0) is 30.6 Å². The minimum absolute atomic E-state index is 0.00677. The highest BCUT2D eigenvalue weighted by molar-refractivity contribution is 5.86. The highest BCUT2D eigenvalue weighted by Gasteiger charge is 2.69. The number of hydrogen-bond acceptors (Lipinski definition) is 14. The van der Waals surface area contributed by atoms with Gasteiger partial charge in [0.05, 0.1) is 73.6 Å². The third-order valence-corrected chi connectivity index (χ3v) is 19.6. The maximum absolute atomic E-state index is 14.3. The number of carboxylic acids is 1. The second kappa shape index (κ2) is 20.7. The van der Waals surface area contributed by atoms with Crippen molar-refractivity contribution in [1.29, 1.82) is 5.26 Å². The van der Waals surface area contributed by atoms with Gasteiger partial charge < -0.3 is 9.95 Å². The van der Waals surface area contributed by atoms with Crippen molar-refractivity contribution in [3.63, 3.8) is 0 Å². The number of fused-ring (bicyclic) bond motifs is 15. The number of benzene rings is 3. The predicted octanol–water partition coefficient (Wildman–Crippen LogP) is 12.3. The van der Waals surface area contributed by atoms with Crippen LogP contribution in [0.4, 0.5) is 32.2 Å². The summed E-state index contributed by atoms with van der Waals surface area (Å²) in [6.07, 6.45) is 11.6. The van der Waals surface area contributed by atoms with Gasteiger partial charge in [0.15, 0.2) is 11.4 Å². The Hall–Kier alpha value is -9.53. The first-order valence-electron chi connectivity index (χ1n) is 27.2. The number of carbonyl (C=O) groups excluding carboxylic acids is 2. The topological polar surface area (TPSA) is 228 Å². The van der Waals surface area contributed by atoms with Crippen LogP contribution in [0.15, 0.2) is 97.6 Å². The van der Waals surface area contributed by atoms with E-state index in [1.54, 1.807) is 36.9 Å². The van der Waals surface area contributed by atoms with Crippen LogP contribution in [0.5, 0.6) is 0 Å². The highest BCUT2D eigenvalue weighted by atomic mass is 19.2. The molecule has 3 fully saturated rings. The van der Waals surface area contributed by atoms with Gasteiger partial charge in [-0.15, -0.1) is 20.3 Å². The average Bonchev–Trinajstić information content (AvgIpc) is 1.55. The minimum atomic E-state index is -1.08. The quantitative estimate of drug-likeness (QED) is 0.121. The lowest BCUT2D eigenvalue weighted by atomic mass is 9.66. The van der Waals surface area contributed by atoms with E-state index >= 15 is 0 Å². The molecule has 0 radical (unpaired) electrons. The van der Waals surface area contributed by atoms with Gasteiger partial charge in [-0.1, -0.05) is 66.3 Å². The van der Waals surface area contributed by atoms with E-state index in [1.807, 2.05) is 26.0 Å². The molecule has 3 saturated carbocycles. The Morgan fingerprint density at radius 2 is 0.976 bits per heavy atom. The predicted molar refractivity (Wildman–Crippen MR) is 290 cm³/mol. The largest absolute Gasteiger partial charge is 0.481 e. The molecular formula is C63H50F6N12O4. The molecule has 6 bridgehead atoms. The van der Waals surface area contributed by atoms with E-state index in [9.17, 15) is 41.5 Å². The lowest BCUT2D eigenvalue weighted by Crippen LogP contribution is -2.43. The molecule has 6 aliphatic rings. The fraction of sp³-hybridized carbons (Fsp3) is 0.333. The summed E-state index contributed by atoms with van der Waals surface area (Å²) in [6, 6.07) is 18.2.